The van der Waals surface area contributed by atoms with E-state index < -0.39 is 5.91 Å². The average molecular weight is 383 g/mol. The van der Waals surface area contributed by atoms with E-state index in [1.807, 2.05) is 12.1 Å². The summed E-state index contributed by atoms with van der Waals surface area (Å²) in [5.74, 6) is -0.162. The van der Waals surface area contributed by atoms with Crippen molar-refractivity contribution < 1.29 is 19.1 Å². The van der Waals surface area contributed by atoms with Crippen LogP contribution in [0.5, 0.6) is 5.75 Å². The van der Waals surface area contributed by atoms with Gasteiger partial charge in [-0.05, 0) is 29.8 Å². The highest BCUT2D eigenvalue weighted by atomic mass is 16.5. The van der Waals surface area contributed by atoms with E-state index in [4.69, 9.17) is 4.74 Å². The molecule has 3 aromatic carbocycles. The molecule has 29 heavy (non-hydrogen) atoms. The van der Waals surface area contributed by atoms with Crippen molar-refractivity contribution in [3.05, 3.63) is 101 Å². The van der Waals surface area contributed by atoms with Gasteiger partial charge in [-0.1, -0.05) is 48.5 Å². The lowest BCUT2D eigenvalue weighted by Crippen LogP contribution is -2.23. The number of benzene rings is 3. The summed E-state index contributed by atoms with van der Waals surface area (Å²) in [6.07, 6.45) is 3.04. The zero-order valence-electron chi connectivity index (χ0n) is 15.6. The van der Waals surface area contributed by atoms with Crippen LogP contribution in [0.25, 0.3) is 6.08 Å². The maximum absolute atomic E-state index is 13.0. The number of hydrogen-bond donors (Lipinski definition) is 1. The van der Waals surface area contributed by atoms with Crippen molar-refractivity contribution >= 4 is 29.2 Å². The van der Waals surface area contributed by atoms with Crippen LogP contribution in [0.2, 0.25) is 0 Å². The Balaban J connectivity index is 1.60. The third-order valence-corrected chi connectivity index (χ3v) is 4.75. The Hall–Kier alpha value is -3.99. The molecule has 5 nitrogen and oxygen atoms in total. The first-order chi connectivity index (χ1) is 14.1. The van der Waals surface area contributed by atoms with Gasteiger partial charge in [-0.3, -0.25) is 14.4 Å². The number of ketones is 2. The first-order valence-electron chi connectivity index (χ1n) is 9.03. The second-order valence-electron chi connectivity index (χ2n) is 6.53. The zero-order valence-corrected chi connectivity index (χ0v) is 15.6. The van der Waals surface area contributed by atoms with Crippen LogP contribution < -0.4 is 10.1 Å². The summed E-state index contributed by atoms with van der Waals surface area (Å²) in [6.45, 7) is 0. The number of anilines is 1. The lowest BCUT2D eigenvalue weighted by molar-refractivity contribution is -0.111. The van der Waals surface area contributed by atoms with E-state index in [0.717, 1.165) is 11.3 Å². The van der Waals surface area contributed by atoms with E-state index in [0.29, 0.717) is 22.4 Å². The van der Waals surface area contributed by atoms with Gasteiger partial charge in [0.05, 0.1) is 18.4 Å². The maximum Gasteiger partial charge on any atom is 0.248 e. The summed E-state index contributed by atoms with van der Waals surface area (Å²) >= 11 is 0. The van der Waals surface area contributed by atoms with Gasteiger partial charge in [0, 0.05) is 22.8 Å². The van der Waals surface area contributed by atoms with Crippen molar-refractivity contribution in [3.8, 4) is 5.75 Å². The molecule has 5 heteroatoms. The molecule has 0 saturated heterocycles. The van der Waals surface area contributed by atoms with Gasteiger partial charge >= 0.3 is 0 Å². The number of hydrogen-bond acceptors (Lipinski definition) is 4. The fourth-order valence-corrected chi connectivity index (χ4v) is 3.31. The molecular weight excluding hydrogens is 366 g/mol. The third-order valence-electron chi connectivity index (χ3n) is 4.75. The summed E-state index contributed by atoms with van der Waals surface area (Å²) in [5, 5.41) is 2.72. The molecule has 0 saturated carbocycles. The highest BCUT2D eigenvalue weighted by molar-refractivity contribution is 6.30. The first kappa shape index (κ1) is 18.4. The molecule has 1 aliphatic carbocycles. The van der Waals surface area contributed by atoms with Crippen LogP contribution in [-0.2, 0) is 4.79 Å². The molecule has 0 atom stereocenters. The molecule has 0 fully saturated rings. The first-order valence-corrected chi connectivity index (χ1v) is 9.03. The van der Waals surface area contributed by atoms with Gasteiger partial charge < -0.3 is 10.1 Å². The number of ether oxygens (including phenoxy) is 1. The number of carbonyl (C=O) groups is 3. The average Bonchev–Trinajstić information content (AvgIpc) is 2.76. The van der Waals surface area contributed by atoms with Gasteiger partial charge in [0.25, 0.3) is 0 Å². The third kappa shape index (κ3) is 3.46. The maximum atomic E-state index is 13.0. The predicted molar refractivity (Wildman–Crippen MR) is 110 cm³/mol. The summed E-state index contributed by atoms with van der Waals surface area (Å²) < 4.78 is 5.11. The fraction of sp³-hybridized carbons (Fsp3) is 0.0417. The Bertz CT molecular complexity index is 1160. The van der Waals surface area contributed by atoms with E-state index in [2.05, 4.69) is 5.32 Å². The number of amides is 1. The van der Waals surface area contributed by atoms with Crippen molar-refractivity contribution in [1.29, 1.82) is 0 Å². The Labute approximate surface area is 167 Å². The minimum Gasteiger partial charge on any atom is -0.497 e. The van der Waals surface area contributed by atoms with Gasteiger partial charge in [0.2, 0.25) is 5.91 Å². The lowest BCUT2D eigenvalue weighted by Gasteiger charge is -2.20. The van der Waals surface area contributed by atoms with Crippen LogP contribution in [0.15, 0.2) is 72.8 Å². The van der Waals surface area contributed by atoms with E-state index in [1.165, 1.54) is 6.08 Å². The molecule has 0 bridgehead atoms. The topological polar surface area (TPSA) is 72.5 Å². The highest BCUT2D eigenvalue weighted by Crippen LogP contribution is 2.31. The Morgan fingerprint density at radius 2 is 1.48 bits per heavy atom. The molecule has 0 aromatic heterocycles. The number of rotatable bonds is 4. The van der Waals surface area contributed by atoms with Crippen LogP contribution in [0.1, 0.15) is 37.4 Å². The quantitative estimate of drug-likeness (QED) is 0.538. The van der Waals surface area contributed by atoms with Crippen LogP contribution in [-0.4, -0.2) is 24.6 Å². The normalized spacial score (nSPS) is 12.4. The van der Waals surface area contributed by atoms with Crippen molar-refractivity contribution in [2.75, 3.05) is 12.4 Å². The van der Waals surface area contributed by atoms with Crippen LogP contribution in [0.4, 0.5) is 5.69 Å². The van der Waals surface area contributed by atoms with Crippen LogP contribution in [0, 0.1) is 0 Å². The number of fused-ring (bicyclic) bond motifs is 2. The van der Waals surface area contributed by atoms with Crippen molar-refractivity contribution in [1.82, 2.24) is 0 Å². The molecule has 1 N–H and O–H groups in total. The minimum absolute atomic E-state index is 0.222. The standard InChI is InChI=1S/C24H17NO4/c1-29-16-12-9-15(10-13-16)11-14-21(26)25-20-8-4-7-19-22(20)24(28)18-6-3-2-5-17(18)23(19)27/h2-14H,1H3,(H,25,26)/b14-11+. The smallest absolute Gasteiger partial charge is 0.248 e. The molecule has 0 radical (unpaired) electrons. The van der Waals surface area contributed by atoms with Crippen molar-refractivity contribution in [2.45, 2.75) is 0 Å². The summed E-state index contributed by atoms with van der Waals surface area (Å²) in [5.41, 5.74) is 2.40. The number of nitrogens with one attached hydrogen (secondary N) is 1. The van der Waals surface area contributed by atoms with Crippen molar-refractivity contribution in [3.63, 3.8) is 0 Å². The number of carbonyl (C=O) groups excluding carboxylic acids is 3. The van der Waals surface area contributed by atoms with Crippen LogP contribution in [0.3, 0.4) is 0 Å². The molecule has 0 aliphatic heterocycles. The largest absolute Gasteiger partial charge is 0.497 e. The molecule has 1 amide bonds. The zero-order chi connectivity index (χ0) is 20.4. The van der Waals surface area contributed by atoms with Gasteiger partial charge in [-0.2, -0.15) is 0 Å². The Morgan fingerprint density at radius 1 is 0.828 bits per heavy atom. The monoisotopic (exact) mass is 383 g/mol. The molecule has 142 valence electrons. The van der Waals surface area contributed by atoms with Crippen molar-refractivity contribution in [2.24, 2.45) is 0 Å². The van der Waals surface area contributed by atoms with E-state index in [1.54, 1.807) is 67.8 Å². The van der Waals surface area contributed by atoms with Gasteiger partial charge in [-0.15, -0.1) is 0 Å². The molecule has 3 aromatic rings. The van der Waals surface area contributed by atoms with Gasteiger partial charge in [0.15, 0.2) is 11.6 Å². The van der Waals surface area contributed by atoms with E-state index >= 15 is 0 Å². The van der Waals surface area contributed by atoms with Gasteiger partial charge in [-0.25, -0.2) is 0 Å². The second kappa shape index (κ2) is 7.56. The molecular formula is C24H17NO4. The minimum atomic E-state index is -0.395. The highest BCUT2D eigenvalue weighted by Gasteiger charge is 2.31. The van der Waals surface area contributed by atoms with E-state index in [-0.39, 0.29) is 17.1 Å². The summed E-state index contributed by atoms with van der Waals surface area (Å²) in [4.78, 5) is 38.1. The predicted octanol–water partition coefficient (Wildman–Crippen LogP) is 4.12. The SMILES string of the molecule is COc1ccc(/C=C/C(=O)Nc2cccc3c2C(=O)c2ccccc2C3=O)cc1. The second-order valence-corrected chi connectivity index (χ2v) is 6.53. The molecule has 0 heterocycles. The number of methoxy groups -OCH3 is 1. The molecule has 0 unspecified atom stereocenters. The van der Waals surface area contributed by atoms with Crippen LogP contribution >= 0.6 is 0 Å². The molecule has 0 spiro atoms. The van der Waals surface area contributed by atoms with E-state index in [9.17, 15) is 14.4 Å². The van der Waals surface area contributed by atoms with Gasteiger partial charge in [0.1, 0.15) is 5.75 Å². The Kier molecular flexibility index (Phi) is 4.79. The molecule has 1 aliphatic rings. The Morgan fingerprint density at radius 3 is 2.17 bits per heavy atom. The fourth-order valence-electron chi connectivity index (χ4n) is 3.31. The summed E-state index contributed by atoms with van der Waals surface area (Å²) in [7, 11) is 1.59. The molecule has 4 rings (SSSR count). The lowest BCUT2D eigenvalue weighted by atomic mass is 9.83. The summed E-state index contributed by atoms with van der Waals surface area (Å²) in [6, 6.07) is 18.8.